The number of fused-ring (bicyclic) bond motifs is 1. The first-order chi connectivity index (χ1) is 5.47. The van der Waals surface area contributed by atoms with E-state index in [1.165, 1.54) is 17.7 Å². The van der Waals surface area contributed by atoms with Crippen LogP contribution in [0, 0.1) is 0 Å². The summed E-state index contributed by atoms with van der Waals surface area (Å²) in [7, 11) is 0. The van der Waals surface area contributed by atoms with Gasteiger partial charge in [0.1, 0.15) is 6.79 Å². The molecule has 2 rings (SSSR count). The first-order valence-corrected chi connectivity index (χ1v) is 3.57. The monoisotopic (exact) mass is 149 g/mol. The second-order valence-corrected chi connectivity index (χ2v) is 2.33. The molecule has 0 saturated carbocycles. The highest BCUT2D eigenvalue weighted by atomic mass is 16.1. The summed E-state index contributed by atoms with van der Waals surface area (Å²) in [4.78, 5) is 8.00. The van der Waals surface area contributed by atoms with Gasteiger partial charge in [0.25, 0.3) is 0 Å². The molecule has 11 heavy (non-hydrogen) atoms. The fourth-order valence-electron chi connectivity index (χ4n) is 1.24. The van der Waals surface area contributed by atoms with E-state index in [9.17, 15) is 0 Å². The van der Waals surface area contributed by atoms with Crippen molar-refractivity contribution in [3.8, 4) is 0 Å². The smallest absolute Gasteiger partial charge is 0.106 e. The minimum atomic E-state index is 1.11. The van der Waals surface area contributed by atoms with Gasteiger partial charge in [0.05, 0.1) is 0 Å². The van der Waals surface area contributed by atoms with Crippen molar-refractivity contribution >= 4 is 12.5 Å². The van der Waals surface area contributed by atoms with Gasteiger partial charge in [0.15, 0.2) is 0 Å². The molecule has 58 valence electrons. The molecular formula is C9H11NO. The average Bonchev–Trinajstić information content (AvgIpc) is 2.55. The van der Waals surface area contributed by atoms with Gasteiger partial charge < -0.3 is 10.1 Å². The Balaban J connectivity index is 0.000000281. The zero-order valence-corrected chi connectivity index (χ0v) is 6.34. The topological polar surface area (TPSA) is 29.1 Å². The van der Waals surface area contributed by atoms with Crippen molar-refractivity contribution in [2.24, 2.45) is 0 Å². The molecule has 0 radical (unpaired) electrons. The Bertz CT molecular complexity index is 212. The highest BCUT2D eigenvalue weighted by Gasteiger charge is 2.05. The van der Waals surface area contributed by atoms with Crippen molar-refractivity contribution in [1.82, 2.24) is 0 Å². The van der Waals surface area contributed by atoms with E-state index < -0.39 is 0 Å². The molecule has 1 aromatic rings. The Labute approximate surface area is 66.2 Å². The van der Waals surface area contributed by atoms with E-state index in [1.807, 2.05) is 6.79 Å². The third-order valence-electron chi connectivity index (χ3n) is 1.73. The maximum Gasteiger partial charge on any atom is 0.106 e. The predicted molar refractivity (Wildman–Crippen MR) is 45.8 cm³/mol. The van der Waals surface area contributed by atoms with Crippen molar-refractivity contribution in [1.29, 1.82) is 0 Å². The largest absolute Gasteiger partial charge is 0.384 e. The molecule has 1 aliphatic rings. The van der Waals surface area contributed by atoms with Gasteiger partial charge in [0.2, 0.25) is 0 Å². The van der Waals surface area contributed by atoms with Gasteiger partial charge in [-0.25, -0.2) is 0 Å². The molecule has 1 aromatic carbocycles. The van der Waals surface area contributed by atoms with E-state index in [0.717, 1.165) is 6.54 Å². The van der Waals surface area contributed by atoms with Crippen molar-refractivity contribution in [2.45, 2.75) is 6.42 Å². The summed E-state index contributed by atoms with van der Waals surface area (Å²) in [5.74, 6) is 0. The van der Waals surface area contributed by atoms with Crippen LogP contribution in [0.2, 0.25) is 0 Å². The third-order valence-corrected chi connectivity index (χ3v) is 1.73. The normalized spacial score (nSPS) is 12.4. The van der Waals surface area contributed by atoms with E-state index in [4.69, 9.17) is 4.79 Å². The number of benzene rings is 1. The van der Waals surface area contributed by atoms with Gasteiger partial charge in [-0.05, 0) is 18.1 Å². The van der Waals surface area contributed by atoms with Crippen molar-refractivity contribution in [3.05, 3.63) is 29.8 Å². The second-order valence-electron chi connectivity index (χ2n) is 2.33. The lowest BCUT2D eigenvalue weighted by Gasteiger charge is -1.94. The molecule has 0 unspecified atom stereocenters. The van der Waals surface area contributed by atoms with E-state index in [1.54, 1.807) is 0 Å². The Morgan fingerprint density at radius 1 is 1.27 bits per heavy atom. The molecule has 0 atom stereocenters. The number of hydrogen-bond acceptors (Lipinski definition) is 2. The molecule has 0 spiro atoms. The van der Waals surface area contributed by atoms with Gasteiger partial charge in [-0.15, -0.1) is 0 Å². The summed E-state index contributed by atoms with van der Waals surface area (Å²) in [6.07, 6.45) is 1.19. The highest BCUT2D eigenvalue weighted by molar-refractivity contribution is 5.54. The van der Waals surface area contributed by atoms with Crippen LogP contribution in [0.1, 0.15) is 5.56 Å². The number of carbonyl (C=O) groups excluding carboxylic acids is 1. The maximum atomic E-state index is 8.00. The van der Waals surface area contributed by atoms with Gasteiger partial charge in [-0.3, -0.25) is 0 Å². The van der Waals surface area contributed by atoms with Crippen molar-refractivity contribution in [3.63, 3.8) is 0 Å². The standard InChI is InChI=1S/C8H9N.CH2O/c1-2-4-8-7(3-1)5-6-9-8;1-2/h1-4,9H,5-6H2;1H2. The second kappa shape index (κ2) is 3.76. The van der Waals surface area contributed by atoms with Crippen LogP contribution in [-0.4, -0.2) is 13.3 Å². The van der Waals surface area contributed by atoms with Crippen LogP contribution < -0.4 is 5.32 Å². The molecule has 0 amide bonds. The summed E-state index contributed by atoms with van der Waals surface area (Å²) in [5.41, 5.74) is 2.77. The molecule has 0 bridgehead atoms. The first-order valence-electron chi connectivity index (χ1n) is 3.57. The molecular weight excluding hydrogens is 138 g/mol. The number of para-hydroxylation sites is 1. The zero-order valence-electron chi connectivity index (χ0n) is 6.34. The van der Waals surface area contributed by atoms with Crippen LogP contribution >= 0.6 is 0 Å². The molecule has 2 heteroatoms. The van der Waals surface area contributed by atoms with Gasteiger partial charge in [-0.2, -0.15) is 0 Å². The lowest BCUT2D eigenvalue weighted by atomic mass is 10.2. The fraction of sp³-hybridized carbons (Fsp3) is 0.222. The van der Waals surface area contributed by atoms with Crippen LogP contribution in [0.4, 0.5) is 5.69 Å². The van der Waals surface area contributed by atoms with E-state index in [2.05, 4.69) is 29.6 Å². The lowest BCUT2D eigenvalue weighted by Crippen LogP contribution is -1.90. The lowest BCUT2D eigenvalue weighted by molar-refractivity contribution is -0.0979. The SMILES string of the molecule is C=O.c1ccc2c(c1)CCN2. The third kappa shape index (κ3) is 1.58. The number of anilines is 1. The number of rotatable bonds is 0. The summed E-state index contributed by atoms with van der Waals surface area (Å²) in [6, 6.07) is 8.46. The summed E-state index contributed by atoms with van der Waals surface area (Å²) in [6.45, 7) is 3.11. The summed E-state index contributed by atoms with van der Waals surface area (Å²) in [5, 5.41) is 3.30. The molecule has 1 aliphatic heterocycles. The fourth-order valence-corrected chi connectivity index (χ4v) is 1.24. The van der Waals surface area contributed by atoms with Crippen molar-refractivity contribution in [2.75, 3.05) is 11.9 Å². The van der Waals surface area contributed by atoms with Crippen LogP contribution in [0.5, 0.6) is 0 Å². The molecule has 1 N–H and O–H groups in total. The predicted octanol–water partition coefficient (Wildman–Crippen LogP) is 1.47. The Kier molecular flexibility index (Phi) is 2.66. The minimum Gasteiger partial charge on any atom is -0.384 e. The Morgan fingerprint density at radius 3 is 2.73 bits per heavy atom. The number of hydrogen-bond donors (Lipinski definition) is 1. The van der Waals surface area contributed by atoms with Crippen LogP contribution in [0.15, 0.2) is 24.3 Å². The molecule has 0 aromatic heterocycles. The van der Waals surface area contributed by atoms with Crippen LogP contribution in [0.25, 0.3) is 0 Å². The number of nitrogens with one attached hydrogen (secondary N) is 1. The molecule has 0 saturated heterocycles. The van der Waals surface area contributed by atoms with Gasteiger partial charge in [-0.1, -0.05) is 18.2 Å². The summed E-state index contributed by atoms with van der Waals surface area (Å²) >= 11 is 0. The number of carbonyl (C=O) groups is 1. The van der Waals surface area contributed by atoms with Crippen molar-refractivity contribution < 1.29 is 4.79 Å². The average molecular weight is 149 g/mol. The molecule has 0 aliphatic carbocycles. The van der Waals surface area contributed by atoms with E-state index >= 15 is 0 Å². The summed E-state index contributed by atoms with van der Waals surface area (Å²) < 4.78 is 0. The van der Waals surface area contributed by atoms with E-state index in [0.29, 0.717) is 0 Å². The maximum absolute atomic E-state index is 8.00. The van der Waals surface area contributed by atoms with Gasteiger partial charge >= 0.3 is 0 Å². The van der Waals surface area contributed by atoms with Crippen LogP contribution in [-0.2, 0) is 11.2 Å². The highest BCUT2D eigenvalue weighted by Crippen LogP contribution is 2.19. The molecule has 1 heterocycles. The Hall–Kier alpha value is -1.31. The quantitative estimate of drug-likeness (QED) is 0.605. The van der Waals surface area contributed by atoms with Gasteiger partial charge in [0, 0.05) is 12.2 Å². The Morgan fingerprint density at radius 2 is 2.00 bits per heavy atom. The van der Waals surface area contributed by atoms with E-state index in [-0.39, 0.29) is 0 Å². The molecule has 2 nitrogen and oxygen atoms in total. The zero-order chi connectivity index (χ0) is 8.10. The van der Waals surface area contributed by atoms with Crippen LogP contribution in [0.3, 0.4) is 0 Å². The minimum absolute atomic E-state index is 1.11. The first kappa shape index (κ1) is 7.79. The molecule has 0 fully saturated rings.